The number of ether oxygens (including phenoxy) is 2. The van der Waals surface area contributed by atoms with Crippen molar-refractivity contribution < 1.29 is 29.6 Å². The minimum Gasteiger partial charge on any atom is -0.457 e. The molecule has 0 bridgehead atoms. The molecule has 0 heterocycles. The number of unbranched alkanes of at least 4 members (excludes halogenated alkanes) is 5. The van der Waals surface area contributed by atoms with E-state index < -0.39 is 29.8 Å². The van der Waals surface area contributed by atoms with Crippen LogP contribution in [0.15, 0.2) is 0 Å². The highest BCUT2D eigenvalue weighted by Gasteiger charge is 2.37. The Morgan fingerprint density at radius 2 is 1.24 bits per heavy atom. The first-order chi connectivity index (χ1) is 18.1. The van der Waals surface area contributed by atoms with Gasteiger partial charge in [-0.15, -0.1) is 0 Å². The van der Waals surface area contributed by atoms with Gasteiger partial charge >= 0.3 is 5.97 Å². The van der Waals surface area contributed by atoms with E-state index in [2.05, 4.69) is 34.6 Å². The van der Waals surface area contributed by atoms with Crippen molar-refractivity contribution in [3.05, 3.63) is 0 Å². The van der Waals surface area contributed by atoms with E-state index in [4.69, 9.17) is 9.47 Å². The van der Waals surface area contributed by atoms with Crippen molar-refractivity contribution in [3.8, 4) is 0 Å². The maximum atomic E-state index is 13.3. The van der Waals surface area contributed by atoms with Gasteiger partial charge in [0.15, 0.2) is 6.10 Å². The quantitative estimate of drug-likeness (QED) is 0.0830. The molecule has 0 aromatic rings. The molecule has 0 aliphatic carbocycles. The zero-order valence-corrected chi connectivity index (χ0v) is 26.1. The number of aliphatic hydroxyl groups is 3. The standard InChI is InChI=1S/C32H64O6/c1-8-13-16-17-20-32(6,7)31(36)38-30(24-34)29(22-26(12-5)19-15-10-3)37-28(27(35)23-33)21-25(11-4)18-14-9-2/h25-30,33-35H,8-24H2,1-7H3. The van der Waals surface area contributed by atoms with Crippen LogP contribution < -0.4 is 0 Å². The number of rotatable bonds is 25. The molecule has 0 amide bonds. The van der Waals surface area contributed by atoms with Gasteiger partial charge in [0.2, 0.25) is 0 Å². The number of hydrogen-bond acceptors (Lipinski definition) is 6. The summed E-state index contributed by atoms with van der Waals surface area (Å²) in [6, 6.07) is 0. The van der Waals surface area contributed by atoms with Crippen molar-refractivity contribution in [2.45, 2.75) is 169 Å². The van der Waals surface area contributed by atoms with Crippen molar-refractivity contribution >= 4 is 5.97 Å². The summed E-state index contributed by atoms with van der Waals surface area (Å²) in [7, 11) is 0. The number of carbonyl (C=O) groups is 1. The van der Waals surface area contributed by atoms with Crippen molar-refractivity contribution in [1.29, 1.82) is 0 Å². The Morgan fingerprint density at radius 1 is 0.711 bits per heavy atom. The van der Waals surface area contributed by atoms with Crippen LogP contribution in [-0.4, -0.2) is 58.9 Å². The van der Waals surface area contributed by atoms with Crippen LogP contribution in [0.1, 0.15) is 145 Å². The normalized spacial score (nSPS) is 17.0. The number of esters is 1. The van der Waals surface area contributed by atoms with E-state index in [1.165, 1.54) is 0 Å². The first kappa shape index (κ1) is 37.3. The van der Waals surface area contributed by atoms with Crippen molar-refractivity contribution in [2.24, 2.45) is 17.3 Å². The highest BCUT2D eigenvalue weighted by atomic mass is 16.6. The molecule has 0 aromatic heterocycles. The maximum absolute atomic E-state index is 13.3. The summed E-state index contributed by atoms with van der Waals surface area (Å²) in [5, 5.41) is 31.0. The topological polar surface area (TPSA) is 96.2 Å². The van der Waals surface area contributed by atoms with E-state index in [1.807, 2.05) is 13.8 Å². The van der Waals surface area contributed by atoms with Gasteiger partial charge < -0.3 is 24.8 Å². The number of carbonyl (C=O) groups excluding carboxylic acids is 1. The molecule has 38 heavy (non-hydrogen) atoms. The lowest BCUT2D eigenvalue weighted by Crippen LogP contribution is -2.45. The van der Waals surface area contributed by atoms with Gasteiger partial charge in [0.25, 0.3) is 0 Å². The van der Waals surface area contributed by atoms with Crippen LogP contribution in [0.2, 0.25) is 0 Å². The Balaban J connectivity index is 5.83. The summed E-state index contributed by atoms with van der Waals surface area (Å²) in [5.41, 5.74) is -0.643. The lowest BCUT2D eigenvalue weighted by Gasteiger charge is -2.36. The molecule has 0 saturated carbocycles. The molecule has 0 fully saturated rings. The summed E-state index contributed by atoms with van der Waals surface area (Å²) in [6.45, 7) is 13.9. The van der Waals surface area contributed by atoms with Gasteiger partial charge in [0.05, 0.1) is 30.8 Å². The molecule has 0 aliphatic rings. The number of hydrogen-bond donors (Lipinski definition) is 3. The summed E-state index contributed by atoms with van der Waals surface area (Å²) >= 11 is 0. The fourth-order valence-corrected chi connectivity index (χ4v) is 5.18. The first-order valence-corrected chi connectivity index (χ1v) is 15.9. The third-order valence-corrected chi connectivity index (χ3v) is 8.24. The molecular formula is C32H64O6. The third kappa shape index (κ3) is 15.2. The second-order valence-corrected chi connectivity index (χ2v) is 12.1. The van der Waals surface area contributed by atoms with E-state index in [0.29, 0.717) is 24.7 Å². The van der Waals surface area contributed by atoms with Gasteiger partial charge in [-0.2, -0.15) is 0 Å². The average molecular weight is 545 g/mol. The van der Waals surface area contributed by atoms with Crippen LogP contribution in [-0.2, 0) is 14.3 Å². The smallest absolute Gasteiger partial charge is 0.311 e. The van der Waals surface area contributed by atoms with Crippen LogP contribution in [0.25, 0.3) is 0 Å². The van der Waals surface area contributed by atoms with E-state index in [1.54, 1.807) is 0 Å². The van der Waals surface area contributed by atoms with Crippen LogP contribution in [0, 0.1) is 17.3 Å². The summed E-state index contributed by atoms with van der Waals surface area (Å²) in [6.07, 6.45) is 11.9. The van der Waals surface area contributed by atoms with Crippen LogP contribution in [0.4, 0.5) is 0 Å². The van der Waals surface area contributed by atoms with Gasteiger partial charge in [-0.05, 0) is 44.9 Å². The van der Waals surface area contributed by atoms with Crippen molar-refractivity contribution in [3.63, 3.8) is 0 Å². The molecule has 6 nitrogen and oxygen atoms in total. The predicted molar refractivity (Wildman–Crippen MR) is 157 cm³/mol. The van der Waals surface area contributed by atoms with Crippen molar-refractivity contribution in [1.82, 2.24) is 0 Å². The molecule has 0 radical (unpaired) electrons. The molecule has 6 unspecified atom stereocenters. The van der Waals surface area contributed by atoms with E-state index in [0.717, 1.165) is 83.5 Å². The first-order valence-electron chi connectivity index (χ1n) is 15.9. The average Bonchev–Trinajstić information content (AvgIpc) is 2.92. The summed E-state index contributed by atoms with van der Waals surface area (Å²) < 4.78 is 12.5. The van der Waals surface area contributed by atoms with Crippen LogP contribution in [0.5, 0.6) is 0 Å². The third-order valence-electron chi connectivity index (χ3n) is 8.24. The Hall–Kier alpha value is -0.690. The molecule has 6 heteroatoms. The van der Waals surface area contributed by atoms with E-state index in [-0.39, 0.29) is 19.2 Å². The van der Waals surface area contributed by atoms with E-state index >= 15 is 0 Å². The highest BCUT2D eigenvalue weighted by molar-refractivity contribution is 5.76. The Labute approximate surface area is 235 Å². The minimum atomic E-state index is -1.02. The monoisotopic (exact) mass is 544 g/mol. The number of aliphatic hydroxyl groups excluding tert-OH is 3. The van der Waals surface area contributed by atoms with Gasteiger partial charge in [0, 0.05) is 0 Å². The lowest BCUT2D eigenvalue weighted by atomic mass is 9.86. The molecule has 228 valence electrons. The van der Waals surface area contributed by atoms with Crippen LogP contribution in [0.3, 0.4) is 0 Å². The van der Waals surface area contributed by atoms with E-state index in [9.17, 15) is 20.1 Å². The molecule has 3 N–H and O–H groups in total. The SMILES string of the molecule is CCCCCCC(C)(C)C(=O)OC(CO)C(CC(CC)CCCC)OC(CC(CC)CCCC)C(O)CO. The zero-order chi connectivity index (χ0) is 29.0. The Kier molecular flexibility index (Phi) is 21.7. The Morgan fingerprint density at radius 3 is 1.68 bits per heavy atom. The highest BCUT2D eigenvalue weighted by Crippen LogP contribution is 2.31. The summed E-state index contributed by atoms with van der Waals surface area (Å²) in [5.74, 6) is 0.432. The zero-order valence-electron chi connectivity index (χ0n) is 26.1. The van der Waals surface area contributed by atoms with Gasteiger partial charge in [-0.3, -0.25) is 4.79 Å². The molecule has 0 rings (SSSR count). The molecule has 0 aromatic carbocycles. The Bertz CT molecular complexity index is 566. The predicted octanol–water partition coefficient (Wildman–Crippen LogP) is 7.21. The fourth-order valence-electron chi connectivity index (χ4n) is 5.18. The molecule has 0 aliphatic heterocycles. The van der Waals surface area contributed by atoms with Gasteiger partial charge in [-0.1, -0.05) is 112 Å². The van der Waals surface area contributed by atoms with Gasteiger partial charge in [0.1, 0.15) is 6.10 Å². The lowest BCUT2D eigenvalue weighted by molar-refractivity contribution is -0.185. The minimum absolute atomic E-state index is 0.308. The second kappa shape index (κ2) is 22.1. The molecule has 0 saturated heterocycles. The molecular weight excluding hydrogens is 480 g/mol. The molecule has 6 atom stereocenters. The maximum Gasteiger partial charge on any atom is 0.311 e. The van der Waals surface area contributed by atoms with Gasteiger partial charge in [-0.25, -0.2) is 0 Å². The molecule has 0 spiro atoms. The largest absolute Gasteiger partial charge is 0.457 e. The van der Waals surface area contributed by atoms with Crippen LogP contribution >= 0.6 is 0 Å². The van der Waals surface area contributed by atoms with Crippen molar-refractivity contribution in [2.75, 3.05) is 13.2 Å². The fraction of sp³-hybridized carbons (Fsp3) is 0.969. The second-order valence-electron chi connectivity index (χ2n) is 12.1. The summed E-state index contributed by atoms with van der Waals surface area (Å²) in [4.78, 5) is 13.3.